The average molecular weight is 640 g/mol. The number of nitrogens with one attached hydrogen (secondary N) is 1. The molecule has 3 nitrogen and oxygen atoms in total. The number of nitrogens with zero attached hydrogens (tertiary/aromatic N) is 2. The summed E-state index contributed by atoms with van der Waals surface area (Å²) in [7, 11) is 0. The lowest BCUT2D eigenvalue weighted by molar-refractivity contribution is 0.591. The average Bonchev–Trinajstić information content (AvgIpc) is 3.71. The molecule has 1 N–H and O–H groups in total. The van der Waals surface area contributed by atoms with Crippen LogP contribution in [0.5, 0.6) is 0 Å². The number of benzene rings is 7. The van der Waals surface area contributed by atoms with E-state index < -0.39 is 0 Å². The number of hydrogen-bond acceptors (Lipinski definition) is 1. The molecule has 9 aromatic rings. The number of rotatable bonds is 5. The first-order chi connectivity index (χ1) is 24.8. The van der Waals surface area contributed by atoms with Crippen molar-refractivity contribution >= 4 is 54.9 Å². The summed E-state index contributed by atoms with van der Waals surface area (Å²) in [6, 6.07) is 63.4. The van der Waals surface area contributed by atoms with Crippen LogP contribution in [0.15, 0.2) is 188 Å². The molecule has 0 saturated heterocycles. The minimum absolute atomic E-state index is 0.0841. The maximum Gasteiger partial charge on any atom is 0.124 e. The fourth-order valence-electron chi connectivity index (χ4n) is 7.84. The van der Waals surface area contributed by atoms with Crippen molar-refractivity contribution in [3.8, 4) is 16.8 Å². The molecule has 1 unspecified atom stereocenters. The Kier molecular flexibility index (Phi) is 6.56. The van der Waals surface area contributed by atoms with E-state index in [0.29, 0.717) is 0 Å². The molecule has 0 aliphatic carbocycles. The molecular formula is C47H33N3. The van der Waals surface area contributed by atoms with Crippen LogP contribution in [-0.2, 0) is 0 Å². The van der Waals surface area contributed by atoms with Crippen LogP contribution in [0, 0.1) is 0 Å². The summed E-state index contributed by atoms with van der Waals surface area (Å²) in [6.45, 7) is 0. The highest BCUT2D eigenvalue weighted by molar-refractivity contribution is 6.12. The van der Waals surface area contributed by atoms with Crippen LogP contribution in [0.1, 0.15) is 17.3 Å². The van der Waals surface area contributed by atoms with Gasteiger partial charge in [-0.3, -0.25) is 0 Å². The standard InChI is InChI=1S/C47H33N3/c1-4-14-32(15-5-1)36-30-42(33-16-6-2-7-17-33)48-47(31-36)50-44-23-13-11-21-39(44)41-29-35(25-27-46(41)50)34-24-26-45-40(28-34)38-20-10-12-22-43(38)49(45)37-18-8-3-9-19-37/h1-31,47-48H. The van der Waals surface area contributed by atoms with Gasteiger partial charge in [-0.25, -0.2) is 0 Å². The molecule has 0 bridgehead atoms. The van der Waals surface area contributed by atoms with Gasteiger partial charge in [0.2, 0.25) is 0 Å². The van der Waals surface area contributed by atoms with Crippen molar-refractivity contribution in [2.75, 3.05) is 0 Å². The Morgan fingerprint density at radius 3 is 1.60 bits per heavy atom. The monoisotopic (exact) mass is 639 g/mol. The molecule has 0 saturated carbocycles. The topological polar surface area (TPSA) is 21.9 Å². The summed E-state index contributed by atoms with van der Waals surface area (Å²) >= 11 is 0. The molecule has 236 valence electrons. The number of para-hydroxylation sites is 3. The third-order valence-electron chi connectivity index (χ3n) is 10.1. The van der Waals surface area contributed by atoms with Crippen molar-refractivity contribution in [3.63, 3.8) is 0 Å². The van der Waals surface area contributed by atoms with Crippen molar-refractivity contribution in [3.05, 3.63) is 199 Å². The van der Waals surface area contributed by atoms with Crippen LogP contribution in [0.2, 0.25) is 0 Å². The van der Waals surface area contributed by atoms with Gasteiger partial charge in [-0.1, -0.05) is 127 Å². The molecule has 1 atom stereocenters. The summed E-state index contributed by atoms with van der Waals surface area (Å²) in [5.74, 6) is 0. The van der Waals surface area contributed by atoms with Crippen LogP contribution in [0.4, 0.5) is 0 Å². The van der Waals surface area contributed by atoms with E-state index in [9.17, 15) is 0 Å². The summed E-state index contributed by atoms with van der Waals surface area (Å²) in [6.07, 6.45) is 4.55. The van der Waals surface area contributed by atoms with Crippen molar-refractivity contribution in [1.29, 1.82) is 0 Å². The minimum atomic E-state index is -0.0841. The molecule has 0 radical (unpaired) electrons. The minimum Gasteiger partial charge on any atom is -0.361 e. The van der Waals surface area contributed by atoms with E-state index in [1.165, 1.54) is 77.1 Å². The van der Waals surface area contributed by atoms with Gasteiger partial charge >= 0.3 is 0 Å². The van der Waals surface area contributed by atoms with Gasteiger partial charge < -0.3 is 14.5 Å². The second-order valence-electron chi connectivity index (χ2n) is 13.0. The van der Waals surface area contributed by atoms with E-state index in [4.69, 9.17) is 0 Å². The lowest BCUT2D eigenvalue weighted by Crippen LogP contribution is -2.26. The zero-order valence-corrected chi connectivity index (χ0v) is 27.4. The molecule has 0 amide bonds. The Hall–Kier alpha value is -6.58. The van der Waals surface area contributed by atoms with Crippen molar-refractivity contribution in [2.45, 2.75) is 6.17 Å². The molecule has 10 rings (SSSR count). The predicted octanol–water partition coefficient (Wildman–Crippen LogP) is 11.8. The Morgan fingerprint density at radius 2 is 0.900 bits per heavy atom. The molecule has 3 heteroatoms. The Labute approximate surface area is 290 Å². The molecule has 3 heterocycles. The third kappa shape index (κ3) is 4.59. The number of fused-ring (bicyclic) bond motifs is 6. The SMILES string of the molecule is C1=C(c2ccccc2)C=C(c2ccccc2)NC1n1c2ccccc2c2cc(-c3ccc4c(c3)c3ccccc3n4-c3ccccc3)ccc21. The van der Waals surface area contributed by atoms with Gasteiger partial charge in [0.1, 0.15) is 6.17 Å². The van der Waals surface area contributed by atoms with Crippen LogP contribution in [-0.4, -0.2) is 9.13 Å². The molecular weight excluding hydrogens is 607 g/mol. The Balaban J connectivity index is 1.13. The number of allylic oxidation sites excluding steroid dienone is 2. The molecule has 0 spiro atoms. The molecule has 1 aliphatic heterocycles. The first-order valence-corrected chi connectivity index (χ1v) is 17.2. The van der Waals surface area contributed by atoms with E-state index in [2.05, 4.69) is 203 Å². The number of hydrogen-bond donors (Lipinski definition) is 1. The highest BCUT2D eigenvalue weighted by atomic mass is 15.2. The maximum absolute atomic E-state index is 3.90. The van der Waals surface area contributed by atoms with Gasteiger partial charge in [0.15, 0.2) is 0 Å². The van der Waals surface area contributed by atoms with Gasteiger partial charge in [0.05, 0.1) is 22.1 Å². The van der Waals surface area contributed by atoms with Gasteiger partial charge in [-0.05, 0) is 88.5 Å². The zero-order valence-electron chi connectivity index (χ0n) is 27.4. The van der Waals surface area contributed by atoms with Crippen LogP contribution in [0.3, 0.4) is 0 Å². The summed E-state index contributed by atoms with van der Waals surface area (Å²) in [5.41, 5.74) is 13.1. The van der Waals surface area contributed by atoms with Gasteiger partial charge in [0.25, 0.3) is 0 Å². The van der Waals surface area contributed by atoms with Crippen LogP contribution < -0.4 is 5.32 Å². The van der Waals surface area contributed by atoms with Crippen molar-refractivity contribution in [1.82, 2.24) is 14.5 Å². The molecule has 2 aromatic heterocycles. The number of aromatic nitrogens is 2. The predicted molar refractivity (Wildman–Crippen MR) is 210 cm³/mol. The largest absolute Gasteiger partial charge is 0.361 e. The molecule has 7 aromatic carbocycles. The fourth-order valence-corrected chi connectivity index (χ4v) is 7.84. The quantitative estimate of drug-likeness (QED) is 0.199. The highest BCUT2D eigenvalue weighted by Gasteiger charge is 2.23. The first kappa shape index (κ1) is 28.4. The summed E-state index contributed by atoms with van der Waals surface area (Å²) in [4.78, 5) is 0. The first-order valence-electron chi connectivity index (χ1n) is 17.2. The van der Waals surface area contributed by atoms with Crippen LogP contribution >= 0.6 is 0 Å². The Bertz CT molecular complexity index is 2770. The molecule has 1 aliphatic rings. The van der Waals surface area contributed by atoms with Crippen LogP contribution in [0.25, 0.3) is 71.7 Å². The van der Waals surface area contributed by atoms with E-state index in [0.717, 1.165) is 5.70 Å². The second kappa shape index (κ2) is 11.5. The van der Waals surface area contributed by atoms with Crippen molar-refractivity contribution < 1.29 is 0 Å². The highest BCUT2D eigenvalue weighted by Crippen LogP contribution is 2.39. The summed E-state index contributed by atoms with van der Waals surface area (Å²) < 4.78 is 4.84. The zero-order chi connectivity index (χ0) is 33.0. The molecule has 0 fully saturated rings. The third-order valence-corrected chi connectivity index (χ3v) is 10.1. The van der Waals surface area contributed by atoms with Gasteiger partial charge in [0, 0.05) is 32.9 Å². The smallest absolute Gasteiger partial charge is 0.124 e. The molecule has 50 heavy (non-hydrogen) atoms. The van der Waals surface area contributed by atoms with E-state index in [1.54, 1.807) is 0 Å². The fraction of sp³-hybridized carbons (Fsp3) is 0.0213. The Morgan fingerprint density at radius 1 is 0.400 bits per heavy atom. The maximum atomic E-state index is 3.90. The normalized spacial score (nSPS) is 14.6. The second-order valence-corrected chi connectivity index (χ2v) is 13.0. The van der Waals surface area contributed by atoms with E-state index in [-0.39, 0.29) is 6.17 Å². The van der Waals surface area contributed by atoms with Crippen molar-refractivity contribution in [2.24, 2.45) is 0 Å². The lowest BCUT2D eigenvalue weighted by atomic mass is 9.98. The van der Waals surface area contributed by atoms with E-state index >= 15 is 0 Å². The van der Waals surface area contributed by atoms with E-state index in [1.807, 2.05) is 0 Å². The van der Waals surface area contributed by atoms with Gasteiger partial charge in [-0.15, -0.1) is 0 Å². The summed E-state index contributed by atoms with van der Waals surface area (Å²) in [5, 5.41) is 8.92. The number of dihydropyridines is 1. The van der Waals surface area contributed by atoms with Gasteiger partial charge in [-0.2, -0.15) is 0 Å². The lowest BCUT2D eigenvalue weighted by Gasteiger charge is -2.28.